The molecule has 0 saturated carbocycles. The molecule has 0 atom stereocenters. The van der Waals surface area contributed by atoms with Crippen molar-refractivity contribution in [2.45, 2.75) is 0 Å². The first-order valence-electron chi connectivity index (χ1n) is 14.6. The number of rotatable bonds is 4. The number of hydrogen-bond donors (Lipinski definition) is 0. The van der Waals surface area contributed by atoms with Gasteiger partial charge in [0.1, 0.15) is 11.2 Å². The Morgan fingerprint density at radius 2 is 1.14 bits per heavy atom. The first kappa shape index (κ1) is 23.9. The average molecular weight is 551 g/mol. The molecule has 0 aliphatic rings. The second kappa shape index (κ2) is 9.37. The SMILES string of the molecule is c1ccc(N(c2ccc3c(c2)c2ccccc2n3-c2ccccc2)c2cccc3oc4cc5ccccc5cc4c23)cc1. The number of anilines is 3. The van der Waals surface area contributed by atoms with E-state index in [2.05, 4.69) is 167 Å². The van der Waals surface area contributed by atoms with Crippen molar-refractivity contribution >= 4 is 71.6 Å². The largest absolute Gasteiger partial charge is 0.456 e. The highest BCUT2D eigenvalue weighted by molar-refractivity contribution is 6.17. The second-order valence-corrected chi connectivity index (χ2v) is 11.0. The summed E-state index contributed by atoms with van der Waals surface area (Å²) in [4.78, 5) is 2.36. The maximum Gasteiger partial charge on any atom is 0.137 e. The highest BCUT2D eigenvalue weighted by atomic mass is 16.3. The van der Waals surface area contributed by atoms with Gasteiger partial charge in [-0.1, -0.05) is 84.9 Å². The molecule has 0 amide bonds. The lowest BCUT2D eigenvalue weighted by atomic mass is 10.0. The highest BCUT2D eigenvalue weighted by Gasteiger charge is 2.21. The summed E-state index contributed by atoms with van der Waals surface area (Å²) >= 11 is 0. The van der Waals surface area contributed by atoms with Gasteiger partial charge in [0.25, 0.3) is 0 Å². The van der Waals surface area contributed by atoms with Crippen LogP contribution in [0.2, 0.25) is 0 Å². The van der Waals surface area contributed by atoms with Gasteiger partial charge in [-0.3, -0.25) is 0 Å². The molecular weight excluding hydrogens is 524 g/mol. The summed E-state index contributed by atoms with van der Waals surface area (Å²) in [5.74, 6) is 0. The Kier molecular flexibility index (Phi) is 5.20. The Hall–Kier alpha value is -5.80. The first-order valence-corrected chi connectivity index (χ1v) is 14.6. The summed E-state index contributed by atoms with van der Waals surface area (Å²) in [6, 6.07) is 56.0. The zero-order valence-corrected chi connectivity index (χ0v) is 23.3. The molecule has 43 heavy (non-hydrogen) atoms. The number of aromatic nitrogens is 1. The third kappa shape index (κ3) is 3.68. The number of fused-ring (bicyclic) bond motifs is 7. The maximum atomic E-state index is 6.47. The van der Waals surface area contributed by atoms with E-state index in [1.165, 1.54) is 32.6 Å². The Morgan fingerprint density at radius 1 is 0.442 bits per heavy atom. The summed E-state index contributed by atoms with van der Waals surface area (Å²) in [5.41, 5.74) is 8.59. The van der Waals surface area contributed by atoms with E-state index in [0.717, 1.165) is 44.7 Å². The summed E-state index contributed by atoms with van der Waals surface area (Å²) in [6.45, 7) is 0. The minimum Gasteiger partial charge on any atom is -0.456 e. The molecule has 9 rings (SSSR count). The van der Waals surface area contributed by atoms with Crippen molar-refractivity contribution in [1.82, 2.24) is 4.57 Å². The number of furan rings is 1. The Balaban J connectivity index is 1.34. The zero-order chi connectivity index (χ0) is 28.3. The van der Waals surface area contributed by atoms with Gasteiger partial charge < -0.3 is 13.9 Å². The molecule has 0 saturated heterocycles. The van der Waals surface area contributed by atoms with E-state index in [1.807, 2.05) is 0 Å². The van der Waals surface area contributed by atoms with Crippen molar-refractivity contribution in [3.63, 3.8) is 0 Å². The summed E-state index contributed by atoms with van der Waals surface area (Å²) in [6.07, 6.45) is 0. The number of benzene rings is 7. The third-order valence-electron chi connectivity index (χ3n) is 8.53. The monoisotopic (exact) mass is 550 g/mol. The predicted molar refractivity (Wildman–Crippen MR) is 180 cm³/mol. The molecular formula is C40H26N2O. The molecule has 0 fully saturated rings. The van der Waals surface area contributed by atoms with Gasteiger partial charge in [-0.25, -0.2) is 0 Å². The Morgan fingerprint density at radius 3 is 1.98 bits per heavy atom. The van der Waals surface area contributed by atoms with Crippen LogP contribution in [0, 0.1) is 0 Å². The molecule has 7 aromatic carbocycles. The lowest BCUT2D eigenvalue weighted by Gasteiger charge is -2.26. The van der Waals surface area contributed by atoms with E-state index in [0.29, 0.717) is 0 Å². The molecule has 0 N–H and O–H groups in total. The van der Waals surface area contributed by atoms with E-state index in [1.54, 1.807) is 0 Å². The fourth-order valence-corrected chi connectivity index (χ4v) is 6.64. The van der Waals surface area contributed by atoms with Gasteiger partial charge in [-0.2, -0.15) is 0 Å². The van der Waals surface area contributed by atoms with Crippen molar-refractivity contribution in [2.24, 2.45) is 0 Å². The van der Waals surface area contributed by atoms with Gasteiger partial charge in [-0.05, 0) is 83.6 Å². The average Bonchev–Trinajstić information content (AvgIpc) is 3.60. The summed E-state index contributed by atoms with van der Waals surface area (Å²) in [7, 11) is 0. The van der Waals surface area contributed by atoms with Crippen LogP contribution in [-0.2, 0) is 0 Å². The number of nitrogens with zero attached hydrogens (tertiary/aromatic N) is 2. The van der Waals surface area contributed by atoms with E-state index in [-0.39, 0.29) is 0 Å². The van der Waals surface area contributed by atoms with E-state index >= 15 is 0 Å². The van der Waals surface area contributed by atoms with Gasteiger partial charge in [0.05, 0.1) is 22.1 Å². The fraction of sp³-hybridized carbons (Fsp3) is 0. The predicted octanol–water partition coefficient (Wildman–Crippen LogP) is 11.3. The van der Waals surface area contributed by atoms with Crippen LogP contribution in [0.15, 0.2) is 162 Å². The second-order valence-electron chi connectivity index (χ2n) is 11.0. The van der Waals surface area contributed by atoms with Crippen LogP contribution in [0.3, 0.4) is 0 Å². The van der Waals surface area contributed by atoms with Gasteiger partial charge in [0.2, 0.25) is 0 Å². The van der Waals surface area contributed by atoms with Crippen LogP contribution in [-0.4, -0.2) is 4.57 Å². The van der Waals surface area contributed by atoms with Crippen LogP contribution in [0.25, 0.3) is 60.2 Å². The van der Waals surface area contributed by atoms with Crippen molar-refractivity contribution in [3.05, 3.63) is 158 Å². The van der Waals surface area contributed by atoms with Crippen LogP contribution in [0.4, 0.5) is 17.1 Å². The minimum absolute atomic E-state index is 0.880. The maximum absolute atomic E-state index is 6.47. The van der Waals surface area contributed by atoms with Gasteiger partial charge in [-0.15, -0.1) is 0 Å². The molecule has 9 aromatic rings. The molecule has 0 bridgehead atoms. The van der Waals surface area contributed by atoms with Gasteiger partial charge >= 0.3 is 0 Å². The van der Waals surface area contributed by atoms with E-state index < -0.39 is 0 Å². The number of hydrogen-bond acceptors (Lipinski definition) is 2. The molecule has 2 heterocycles. The standard InChI is InChI=1S/C40H26N2O/c1-3-14-29(15-4-1)41(37-20-11-21-38-40(37)34-24-27-12-7-8-13-28(27)25-39(34)43-38)31-22-23-36-33(26-31)32-18-9-10-19-35(32)42(36)30-16-5-2-6-17-30/h1-26H. The van der Waals surface area contributed by atoms with E-state index in [4.69, 9.17) is 4.42 Å². The van der Waals surface area contributed by atoms with Gasteiger partial charge in [0.15, 0.2) is 0 Å². The highest BCUT2D eigenvalue weighted by Crippen LogP contribution is 2.45. The topological polar surface area (TPSA) is 21.3 Å². The lowest BCUT2D eigenvalue weighted by Crippen LogP contribution is -2.10. The quantitative estimate of drug-likeness (QED) is 0.217. The van der Waals surface area contributed by atoms with Crippen LogP contribution in [0.5, 0.6) is 0 Å². The van der Waals surface area contributed by atoms with Crippen LogP contribution < -0.4 is 4.90 Å². The smallest absolute Gasteiger partial charge is 0.137 e. The molecule has 0 aliphatic heterocycles. The van der Waals surface area contributed by atoms with Crippen LogP contribution >= 0.6 is 0 Å². The summed E-state index contributed by atoms with van der Waals surface area (Å²) < 4.78 is 8.83. The molecule has 0 aliphatic carbocycles. The number of para-hydroxylation sites is 3. The Labute approximate surface area is 248 Å². The van der Waals surface area contributed by atoms with Crippen molar-refractivity contribution in [2.75, 3.05) is 4.90 Å². The Bertz CT molecular complexity index is 2450. The molecule has 0 spiro atoms. The lowest BCUT2D eigenvalue weighted by molar-refractivity contribution is 0.669. The van der Waals surface area contributed by atoms with Crippen molar-refractivity contribution in [3.8, 4) is 5.69 Å². The third-order valence-corrected chi connectivity index (χ3v) is 8.53. The molecule has 0 unspecified atom stereocenters. The fourth-order valence-electron chi connectivity index (χ4n) is 6.64. The zero-order valence-electron chi connectivity index (χ0n) is 23.3. The molecule has 3 nitrogen and oxygen atoms in total. The van der Waals surface area contributed by atoms with E-state index in [9.17, 15) is 0 Å². The van der Waals surface area contributed by atoms with Crippen molar-refractivity contribution in [1.29, 1.82) is 0 Å². The van der Waals surface area contributed by atoms with Gasteiger partial charge in [0, 0.05) is 33.2 Å². The summed E-state index contributed by atoms with van der Waals surface area (Å²) in [5, 5.41) is 7.05. The molecule has 2 aromatic heterocycles. The molecule has 3 heteroatoms. The first-order chi connectivity index (χ1) is 21.3. The molecule has 202 valence electrons. The van der Waals surface area contributed by atoms with Crippen LogP contribution in [0.1, 0.15) is 0 Å². The normalized spacial score (nSPS) is 11.7. The minimum atomic E-state index is 0.880. The van der Waals surface area contributed by atoms with Crippen molar-refractivity contribution < 1.29 is 4.42 Å². The molecule has 0 radical (unpaired) electrons.